The molecule has 23 heavy (non-hydrogen) atoms. The molecular formula is C20H24N2O. The Hall–Kier alpha value is -2.39. The Labute approximate surface area is 138 Å². The molecule has 2 rings (SSSR count). The summed E-state index contributed by atoms with van der Waals surface area (Å²) in [4.78, 5) is 12.1. The predicted molar refractivity (Wildman–Crippen MR) is 95.1 cm³/mol. The first-order valence-corrected chi connectivity index (χ1v) is 7.93. The SMILES string of the molecule is C=CCC(NNC(=O)c1ccccc1)c1ccc(C(C)C)cc1. The summed E-state index contributed by atoms with van der Waals surface area (Å²) in [7, 11) is 0. The largest absolute Gasteiger partial charge is 0.287 e. The average Bonchev–Trinajstić information content (AvgIpc) is 2.59. The van der Waals surface area contributed by atoms with Crippen molar-refractivity contribution in [3.63, 3.8) is 0 Å². The lowest BCUT2D eigenvalue weighted by molar-refractivity contribution is 0.0925. The fraction of sp³-hybridized carbons (Fsp3) is 0.250. The lowest BCUT2D eigenvalue weighted by Crippen LogP contribution is -2.39. The average molecular weight is 308 g/mol. The van der Waals surface area contributed by atoms with Crippen molar-refractivity contribution >= 4 is 5.91 Å². The predicted octanol–water partition coefficient (Wildman–Crippen LogP) is 4.36. The topological polar surface area (TPSA) is 41.1 Å². The number of nitrogens with one attached hydrogen (secondary N) is 2. The highest BCUT2D eigenvalue weighted by atomic mass is 16.2. The minimum absolute atomic E-state index is 0.00127. The van der Waals surface area contributed by atoms with Crippen molar-refractivity contribution < 1.29 is 4.79 Å². The van der Waals surface area contributed by atoms with Gasteiger partial charge in [-0.3, -0.25) is 10.2 Å². The Morgan fingerprint density at radius 2 is 1.65 bits per heavy atom. The van der Waals surface area contributed by atoms with Crippen LogP contribution in [0.2, 0.25) is 0 Å². The fourth-order valence-corrected chi connectivity index (χ4v) is 2.37. The molecule has 1 amide bonds. The number of hydrogen-bond donors (Lipinski definition) is 2. The number of benzene rings is 2. The maximum Gasteiger partial charge on any atom is 0.265 e. The van der Waals surface area contributed by atoms with Crippen LogP contribution in [0.5, 0.6) is 0 Å². The van der Waals surface area contributed by atoms with Gasteiger partial charge in [-0.2, -0.15) is 0 Å². The Balaban J connectivity index is 2.03. The molecule has 0 bridgehead atoms. The van der Waals surface area contributed by atoms with Crippen LogP contribution in [-0.4, -0.2) is 5.91 Å². The molecule has 0 fully saturated rings. The van der Waals surface area contributed by atoms with Gasteiger partial charge in [0.15, 0.2) is 0 Å². The van der Waals surface area contributed by atoms with Crippen LogP contribution < -0.4 is 10.9 Å². The van der Waals surface area contributed by atoms with Crippen LogP contribution in [0.4, 0.5) is 0 Å². The van der Waals surface area contributed by atoms with E-state index < -0.39 is 0 Å². The molecule has 0 saturated heterocycles. The second kappa shape index (κ2) is 8.30. The van der Waals surface area contributed by atoms with Crippen molar-refractivity contribution in [1.29, 1.82) is 0 Å². The Bertz CT molecular complexity index is 632. The van der Waals surface area contributed by atoms with E-state index in [-0.39, 0.29) is 11.9 Å². The summed E-state index contributed by atoms with van der Waals surface area (Å²) in [5.74, 6) is 0.367. The number of hydrazine groups is 1. The fourth-order valence-electron chi connectivity index (χ4n) is 2.37. The van der Waals surface area contributed by atoms with Gasteiger partial charge in [-0.25, -0.2) is 5.43 Å². The van der Waals surface area contributed by atoms with Crippen LogP contribution in [0.1, 0.15) is 53.7 Å². The molecule has 1 unspecified atom stereocenters. The molecule has 0 heterocycles. The highest BCUT2D eigenvalue weighted by Gasteiger charge is 2.12. The highest BCUT2D eigenvalue weighted by molar-refractivity contribution is 5.93. The summed E-state index contributed by atoms with van der Waals surface area (Å²) in [6, 6.07) is 17.6. The molecule has 0 radical (unpaired) electrons. The van der Waals surface area contributed by atoms with Crippen LogP contribution >= 0.6 is 0 Å². The van der Waals surface area contributed by atoms with Crippen molar-refractivity contribution in [2.45, 2.75) is 32.2 Å². The van der Waals surface area contributed by atoms with Crippen molar-refractivity contribution in [3.8, 4) is 0 Å². The molecule has 3 heteroatoms. The van der Waals surface area contributed by atoms with E-state index in [1.54, 1.807) is 12.1 Å². The first kappa shape index (κ1) is 17.0. The van der Waals surface area contributed by atoms with E-state index in [2.05, 4.69) is 55.5 Å². The number of amides is 1. The number of rotatable bonds is 7. The molecule has 0 aliphatic carbocycles. The number of hydrogen-bond acceptors (Lipinski definition) is 2. The summed E-state index contributed by atoms with van der Waals surface area (Å²) in [6.45, 7) is 8.15. The van der Waals surface area contributed by atoms with Gasteiger partial charge in [-0.05, 0) is 35.6 Å². The van der Waals surface area contributed by atoms with E-state index >= 15 is 0 Å². The summed E-state index contributed by atoms with van der Waals surface area (Å²) in [5.41, 5.74) is 8.96. The normalized spacial score (nSPS) is 12.0. The Kier molecular flexibility index (Phi) is 6.12. The van der Waals surface area contributed by atoms with Crippen molar-refractivity contribution in [1.82, 2.24) is 10.9 Å². The molecular weight excluding hydrogens is 284 g/mol. The van der Waals surface area contributed by atoms with Gasteiger partial charge in [-0.15, -0.1) is 6.58 Å². The van der Waals surface area contributed by atoms with Gasteiger partial charge in [0.05, 0.1) is 6.04 Å². The van der Waals surface area contributed by atoms with Gasteiger partial charge in [-0.1, -0.05) is 62.4 Å². The van der Waals surface area contributed by atoms with Gasteiger partial charge >= 0.3 is 0 Å². The lowest BCUT2D eigenvalue weighted by atomic mass is 9.98. The second-order valence-corrected chi connectivity index (χ2v) is 5.86. The first-order chi connectivity index (χ1) is 11.1. The van der Waals surface area contributed by atoms with E-state index in [1.165, 1.54) is 5.56 Å². The molecule has 2 aromatic rings. The second-order valence-electron chi connectivity index (χ2n) is 5.86. The van der Waals surface area contributed by atoms with Crippen LogP contribution in [0.15, 0.2) is 67.3 Å². The lowest BCUT2D eigenvalue weighted by Gasteiger charge is -2.19. The molecule has 0 aliphatic rings. The first-order valence-electron chi connectivity index (χ1n) is 7.93. The monoisotopic (exact) mass is 308 g/mol. The summed E-state index contributed by atoms with van der Waals surface area (Å²) < 4.78 is 0. The third-order valence-electron chi connectivity index (χ3n) is 3.80. The molecule has 3 nitrogen and oxygen atoms in total. The molecule has 2 N–H and O–H groups in total. The van der Waals surface area contributed by atoms with Crippen molar-refractivity contribution in [2.24, 2.45) is 0 Å². The van der Waals surface area contributed by atoms with Gasteiger partial charge in [0.1, 0.15) is 0 Å². The third-order valence-corrected chi connectivity index (χ3v) is 3.80. The van der Waals surface area contributed by atoms with Gasteiger partial charge in [0.2, 0.25) is 0 Å². The molecule has 0 aliphatic heterocycles. The van der Waals surface area contributed by atoms with Crippen LogP contribution in [0, 0.1) is 0 Å². The standard InChI is InChI=1S/C20H24N2O/c1-4-8-19(17-13-11-16(12-14-17)15(2)3)21-22-20(23)18-9-6-5-7-10-18/h4-7,9-15,19,21H,1,8H2,2-3H3,(H,22,23). The van der Waals surface area contributed by atoms with Crippen LogP contribution in [0.3, 0.4) is 0 Å². The molecule has 2 aromatic carbocycles. The van der Waals surface area contributed by atoms with Crippen molar-refractivity contribution in [3.05, 3.63) is 83.9 Å². The Morgan fingerprint density at radius 3 is 2.22 bits per heavy atom. The van der Waals surface area contributed by atoms with Gasteiger partial charge in [0.25, 0.3) is 5.91 Å². The molecule has 0 spiro atoms. The summed E-state index contributed by atoms with van der Waals surface area (Å²) in [6.07, 6.45) is 2.58. The maximum atomic E-state index is 12.1. The van der Waals surface area contributed by atoms with Gasteiger partial charge < -0.3 is 0 Å². The van der Waals surface area contributed by atoms with E-state index in [9.17, 15) is 4.79 Å². The number of carbonyl (C=O) groups excluding carboxylic acids is 1. The zero-order chi connectivity index (χ0) is 16.7. The molecule has 1 atom stereocenters. The van der Waals surface area contributed by atoms with E-state index in [1.807, 2.05) is 24.3 Å². The zero-order valence-electron chi connectivity index (χ0n) is 13.8. The van der Waals surface area contributed by atoms with Crippen molar-refractivity contribution in [2.75, 3.05) is 0 Å². The molecule has 0 aromatic heterocycles. The van der Waals surface area contributed by atoms with Gasteiger partial charge in [0, 0.05) is 5.56 Å². The van der Waals surface area contributed by atoms with Crippen LogP contribution in [-0.2, 0) is 0 Å². The summed E-state index contributed by atoms with van der Waals surface area (Å²) >= 11 is 0. The zero-order valence-corrected chi connectivity index (χ0v) is 13.8. The van der Waals surface area contributed by atoms with E-state index in [4.69, 9.17) is 0 Å². The Morgan fingerprint density at radius 1 is 1.04 bits per heavy atom. The summed E-state index contributed by atoms with van der Waals surface area (Å²) in [5, 5.41) is 0. The maximum absolute atomic E-state index is 12.1. The van der Waals surface area contributed by atoms with Crippen LogP contribution in [0.25, 0.3) is 0 Å². The third kappa shape index (κ3) is 4.80. The molecule has 0 saturated carbocycles. The highest BCUT2D eigenvalue weighted by Crippen LogP contribution is 2.20. The molecule has 120 valence electrons. The smallest absolute Gasteiger partial charge is 0.265 e. The minimum atomic E-state index is -0.140. The van der Waals surface area contributed by atoms with E-state index in [0.717, 1.165) is 12.0 Å². The quantitative estimate of drug-likeness (QED) is 0.589. The minimum Gasteiger partial charge on any atom is -0.287 e. The van der Waals surface area contributed by atoms with E-state index in [0.29, 0.717) is 11.5 Å². The number of carbonyl (C=O) groups is 1.